The van der Waals surface area contributed by atoms with Gasteiger partial charge in [-0.05, 0) is 39.0 Å². The minimum atomic E-state index is -0.535. The lowest BCUT2D eigenvalue weighted by Crippen LogP contribution is -2.27. The largest absolute Gasteiger partial charge is 0.444 e. The molecule has 1 N–H and O–H groups in total. The SMILES string of the molecule is C#Cc1ccc(Br)cc1NC(=O)OC(C)(C)C. The molecule has 0 spiro atoms. The van der Waals surface area contributed by atoms with E-state index in [9.17, 15) is 4.79 Å². The molecule has 1 rings (SSSR count). The van der Waals surface area contributed by atoms with Gasteiger partial charge in [0.2, 0.25) is 0 Å². The van der Waals surface area contributed by atoms with Crippen LogP contribution in [0.1, 0.15) is 26.3 Å². The molecule has 0 atom stereocenters. The maximum Gasteiger partial charge on any atom is 0.412 e. The molecule has 0 saturated heterocycles. The molecule has 1 aromatic rings. The summed E-state index contributed by atoms with van der Waals surface area (Å²) in [5, 5.41) is 2.63. The summed E-state index contributed by atoms with van der Waals surface area (Å²) < 4.78 is 5.98. The molecule has 0 aromatic heterocycles. The number of anilines is 1. The fourth-order valence-corrected chi connectivity index (χ4v) is 1.52. The van der Waals surface area contributed by atoms with Gasteiger partial charge in [-0.2, -0.15) is 0 Å². The average molecular weight is 296 g/mol. The smallest absolute Gasteiger partial charge is 0.412 e. The molecule has 0 aliphatic heterocycles. The number of terminal acetylenes is 1. The van der Waals surface area contributed by atoms with Crippen molar-refractivity contribution >= 4 is 27.7 Å². The van der Waals surface area contributed by atoms with Crippen molar-refractivity contribution in [3.63, 3.8) is 0 Å². The molecule has 0 heterocycles. The molecule has 1 aromatic carbocycles. The molecule has 0 bridgehead atoms. The lowest BCUT2D eigenvalue weighted by atomic mass is 10.2. The number of ether oxygens (including phenoxy) is 1. The molecule has 4 heteroatoms. The van der Waals surface area contributed by atoms with E-state index in [1.54, 1.807) is 32.9 Å². The van der Waals surface area contributed by atoms with Gasteiger partial charge in [0.1, 0.15) is 5.60 Å². The molecular formula is C13H14BrNO2. The van der Waals surface area contributed by atoms with Crippen molar-refractivity contribution in [2.45, 2.75) is 26.4 Å². The van der Waals surface area contributed by atoms with Crippen LogP contribution in [0.3, 0.4) is 0 Å². The molecular weight excluding hydrogens is 282 g/mol. The van der Waals surface area contributed by atoms with E-state index in [2.05, 4.69) is 27.2 Å². The van der Waals surface area contributed by atoms with Gasteiger partial charge < -0.3 is 4.74 Å². The Morgan fingerprint density at radius 1 is 1.47 bits per heavy atom. The number of carbonyl (C=O) groups excluding carboxylic acids is 1. The molecule has 0 aliphatic carbocycles. The number of rotatable bonds is 1. The van der Waals surface area contributed by atoms with Gasteiger partial charge in [0.15, 0.2) is 0 Å². The lowest BCUT2D eigenvalue weighted by molar-refractivity contribution is 0.0636. The fourth-order valence-electron chi connectivity index (χ4n) is 1.16. The predicted molar refractivity (Wildman–Crippen MR) is 71.9 cm³/mol. The van der Waals surface area contributed by atoms with E-state index in [4.69, 9.17) is 11.2 Å². The Hall–Kier alpha value is -1.47. The molecule has 0 saturated carbocycles. The van der Waals surface area contributed by atoms with E-state index in [0.717, 1.165) is 4.47 Å². The molecule has 17 heavy (non-hydrogen) atoms. The summed E-state index contributed by atoms with van der Waals surface area (Å²) in [6, 6.07) is 5.30. The fraction of sp³-hybridized carbons (Fsp3) is 0.308. The maximum absolute atomic E-state index is 11.6. The van der Waals surface area contributed by atoms with Crippen LogP contribution < -0.4 is 5.32 Å². The van der Waals surface area contributed by atoms with Gasteiger partial charge >= 0.3 is 6.09 Å². The summed E-state index contributed by atoms with van der Waals surface area (Å²) >= 11 is 3.32. The van der Waals surface area contributed by atoms with Gasteiger partial charge in [-0.1, -0.05) is 21.9 Å². The summed E-state index contributed by atoms with van der Waals surface area (Å²) in [6.45, 7) is 5.40. The van der Waals surface area contributed by atoms with Crippen LogP contribution in [0.2, 0.25) is 0 Å². The zero-order valence-electron chi connectivity index (χ0n) is 10.0. The molecule has 0 unspecified atom stereocenters. The van der Waals surface area contributed by atoms with Crippen molar-refractivity contribution in [2.75, 3.05) is 5.32 Å². The van der Waals surface area contributed by atoms with Crippen LogP contribution in [0.25, 0.3) is 0 Å². The average Bonchev–Trinajstić information content (AvgIpc) is 2.14. The van der Waals surface area contributed by atoms with E-state index in [1.165, 1.54) is 0 Å². The van der Waals surface area contributed by atoms with Gasteiger partial charge in [0, 0.05) is 10.0 Å². The minimum Gasteiger partial charge on any atom is -0.444 e. The topological polar surface area (TPSA) is 38.3 Å². The number of halogens is 1. The zero-order valence-corrected chi connectivity index (χ0v) is 11.6. The number of carbonyl (C=O) groups is 1. The molecule has 0 aliphatic rings. The third-order valence-electron chi connectivity index (χ3n) is 1.77. The van der Waals surface area contributed by atoms with E-state index in [0.29, 0.717) is 11.3 Å². The van der Waals surface area contributed by atoms with Gasteiger partial charge in [0.25, 0.3) is 0 Å². The molecule has 0 radical (unpaired) electrons. The van der Waals surface area contributed by atoms with Crippen molar-refractivity contribution < 1.29 is 9.53 Å². The van der Waals surface area contributed by atoms with Crippen LogP contribution in [0.15, 0.2) is 22.7 Å². The molecule has 1 amide bonds. The van der Waals surface area contributed by atoms with E-state index < -0.39 is 11.7 Å². The normalized spacial score (nSPS) is 10.5. The van der Waals surface area contributed by atoms with Crippen molar-refractivity contribution in [2.24, 2.45) is 0 Å². The predicted octanol–water partition coefficient (Wildman–Crippen LogP) is 3.78. The second-order valence-electron chi connectivity index (χ2n) is 4.46. The van der Waals surface area contributed by atoms with Gasteiger partial charge in [-0.25, -0.2) is 4.79 Å². The van der Waals surface area contributed by atoms with Crippen LogP contribution in [0.4, 0.5) is 10.5 Å². The van der Waals surface area contributed by atoms with E-state index in [1.807, 2.05) is 6.07 Å². The van der Waals surface area contributed by atoms with Crippen molar-refractivity contribution in [1.82, 2.24) is 0 Å². The first kappa shape index (κ1) is 13.6. The third-order valence-corrected chi connectivity index (χ3v) is 2.27. The monoisotopic (exact) mass is 295 g/mol. The Morgan fingerprint density at radius 2 is 2.12 bits per heavy atom. The summed E-state index contributed by atoms with van der Waals surface area (Å²) in [5.74, 6) is 2.50. The highest BCUT2D eigenvalue weighted by Gasteiger charge is 2.17. The zero-order chi connectivity index (χ0) is 13.1. The van der Waals surface area contributed by atoms with Crippen molar-refractivity contribution in [1.29, 1.82) is 0 Å². The van der Waals surface area contributed by atoms with Crippen LogP contribution >= 0.6 is 15.9 Å². The number of hydrogen-bond acceptors (Lipinski definition) is 2. The Morgan fingerprint density at radius 3 is 2.65 bits per heavy atom. The Balaban J connectivity index is 2.85. The quantitative estimate of drug-likeness (QED) is 0.801. The van der Waals surface area contributed by atoms with Crippen molar-refractivity contribution in [3.05, 3.63) is 28.2 Å². The number of hydrogen-bond donors (Lipinski definition) is 1. The van der Waals surface area contributed by atoms with Crippen LogP contribution in [-0.4, -0.2) is 11.7 Å². The summed E-state index contributed by atoms with van der Waals surface area (Å²) in [4.78, 5) is 11.6. The Labute approximate surface area is 110 Å². The second-order valence-corrected chi connectivity index (χ2v) is 5.38. The molecule has 90 valence electrons. The van der Waals surface area contributed by atoms with Crippen LogP contribution in [0.5, 0.6) is 0 Å². The maximum atomic E-state index is 11.6. The Kier molecular flexibility index (Phi) is 4.19. The summed E-state index contributed by atoms with van der Waals surface area (Å²) in [5.41, 5.74) is 0.627. The molecule has 3 nitrogen and oxygen atoms in total. The number of amides is 1. The third kappa shape index (κ3) is 4.49. The second kappa shape index (κ2) is 5.24. The number of benzene rings is 1. The van der Waals surface area contributed by atoms with E-state index >= 15 is 0 Å². The van der Waals surface area contributed by atoms with Gasteiger partial charge in [-0.3, -0.25) is 5.32 Å². The summed E-state index contributed by atoms with van der Waals surface area (Å²) in [7, 11) is 0. The first-order valence-corrected chi connectivity index (χ1v) is 5.87. The summed E-state index contributed by atoms with van der Waals surface area (Å²) in [6.07, 6.45) is 4.83. The Bertz CT molecular complexity index is 469. The van der Waals surface area contributed by atoms with Crippen LogP contribution in [0, 0.1) is 12.3 Å². The minimum absolute atomic E-state index is 0.521. The van der Waals surface area contributed by atoms with E-state index in [-0.39, 0.29) is 0 Å². The highest BCUT2D eigenvalue weighted by Crippen LogP contribution is 2.21. The van der Waals surface area contributed by atoms with Crippen LogP contribution in [-0.2, 0) is 4.74 Å². The number of nitrogens with one attached hydrogen (secondary N) is 1. The first-order valence-electron chi connectivity index (χ1n) is 5.08. The van der Waals surface area contributed by atoms with Gasteiger partial charge in [-0.15, -0.1) is 6.42 Å². The van der Waals surface area contributed by atoms with Gasteiger partial charge in [0.05, 0.1) is 5.69 Å². The van der Waals surface area contributed by atoms with Crippen molar-refractivity contribution in [3.8, 4) is 12.3 Å². The lowest BCUT2D eigenvalue weighted by Gasteiger charge is -2.20. The standard InChI is InChI=1S/C13H14BrNO2/c1-5-9-6-7-10(14)8-11(9)15-12(16)17-13(2,3)4/h1,6-8H,2-4H3,(H,15,16). The first-order chi connectivity index (χ1) is 7.81. The highest BCUT2D eigenvalue weighted by atomic mass is 79.9. The molecule has 0 fully saturated rings. The highest BCUT2D eigenvalue weighted by molar-refractivity contribution is 9.10.